The molecule has 1 N–H and O–H groups in total. The minimum absolute atomic E-state index is 0.0745. The fourth-order valence-electron chi connectivity index (χ4n) is 3.21. The molecule has 0 aliphatic carbocycles. The van der Waals surface area contributed by atoms with Crippen LogP contribution in [-0.2, 0) is 27.8 Å². The fourth-order valence-corrected chi connectivity index (χ4v) is 4.74. The van der Waals surface area contributed by atoms with E-state index in [0.29, 0.717) is 27.3 Å². The van der Waals surface area contributed by atoms with Gasteiger partial charge in [-0.05, 0) is 60.2 Å². The van der Waals surface area contributed by atoms with Crippen LogP contribution >= 0.6 is 11.8 Å². The maximum Gasteiger partial charge on any atom is 0.471 e. The van der Waals surface area contributed by atoms with Gasteiger partial charge in [0.05, 0.1) is 10.6 Å². The third-order valence-electron chi connectivity index (χ3n) is 4.76. The van der Waals surface area contributed by atoms with E-state index in [9.17, 15) is 31.2 Å². The Labute approximate surface area is 181 Å². The van der Waals surface area contributed by atoms with E-state index in [1.54, 1.807) is 12.3 Å². The smallest absolute Gasteiger partial charge is 0.330 e. The molecule has 0 fully saturated rings. The van der Waals surface area contributed by atoms with Gasteiger partial charge in [-0.2, -0.15) is 24.9 Å². The molecular formula is C20H19F3N2O4S2. The number of carbonyl (C=O) groups excluding carboxylic acids is 2. The Hall–Kier alpha value is -2.53. The van der Waals surface area contributed by atoms with Crippen molar-refractivity contribution >= 4 is 39.2 Å². The van der Waals surface area contributed by atoms with E-state index in [1.807, 2.05) is 0 Å². The molecule has 166 valence electrons. The highest BCUT2D eigenvalue weighted by atomic mass is 32.2. The fraction of sp³-hybridized carbons (Fsp3) is 0.300. The summed E-state index contributed by atoms with van der Waals surface area (Å²) in [6, 6.07) is 10.2. The summed E-state index contributed by atoms with van der Waals surface area (Å²) in [6.07, 6.45) is -2.97. The second kappa shape index (κ2) is 8.91. The molecule has 1 aliphatic heterocycles. The molecule has 3 rings (SSSR count). The number of Topliss-reactive ketones (excluding diaryl/α,β-unsaturated/α-hetero) is 1. The molecule has 0 saturated carbocycles. The molecule has 0 bridgehead atoms. The van der Waals surface area contributed by atoms with Crippen molar-refractivity contribution in [3.8, 4) is 0 Å². The van der Waals surface area contributed by atoms with Crippen molar-refractivity contribution in [1.29, 1.82) is 0 Å². The first kappa shape index (κ1) is 23.1. The number of hydrogen-bond donors (Lipinski definition) is 1. The van der Waals surface area contributed by atoms with Crippen LogP contribution in [0.1, 0.15) is 21.5 Å². The summed E-state index contributed by atoms with van der Waals surface area (Å²) in [6.45, 7) is -0.402. The second-order valence-electron chi connectivity index (χ2n) is 6.94. The number of hydrogen-bond acceptors (Lipinski definition) is 5. The van der Waals surface area contributed by atoms with Gasteiger partial charge >= 0.3 is 12.1 Å². The van der Waals surface area contributed by atoms with E-state index in [1.165, 1.54) is 48.2 Å². The number of alkyl halides is 3. The number of halogens is 3. The second-order valence-corrected chi connectivity index (χ2v) is 9.49. The number of rotatable bonds is 6. The number of thioether (sulfide) groups is 1. The van der Waals surface area contributed by atoms with Crippen molar-refractivity contribution in [2.45, 2.75) is 24.0 Å². The van der Waals surface area contributed by atoms with Gasteiger partial charge in [0.25, 0.3) is 10.0 Å². The van der Waals surface area contributed by atoms with Crippen LogP contribution in [0.25, 0.3) is 0 Å². The summed E-state index contributed by atoms with van der Waals surface area (Å²) >= 11 is 1.38. The maximum absolute atomic E-state index is 12.7. The van der Waals surface area contributed by atoms with Crippen molar-refractivity contribution in [3.63, 3.8) is 0 Å². The molecule has 0 aromatic heterocycles. The van der Waals surface area contributed by atoms with Crippen molar-refractivity contribution < 1.29 is 31.2 Å². The Morgan fingerprint density at radius 3 is 2.39 bits per heavy atom. The highest BCUT2D eigenvalue weighted by Crippen LogP contribution is 2.27. The molecule has 1 amide bonds. The molecule has 0 atom stereocenters. The number of carbonyl (C=O) groups is 2. The predicted molar refractivity (Wildman–Crippen MR) is 112 cm³/mol. The van der Waals surface area contributed by atoms with Crippen molar-refractivity contribution in [2.24, 2.45) is 0 Å². The lowest BCUT2D eigenvalue weighted by atomic mass is 10.00. The van der Waals surface area contributed by atoms with Gasteiger partial charge in [0, 0.05) is 24.3 Å². The van der Waals surface area contributed by atoms with Crippen LogP contribution in [0, 0.1) is 0 Å². The third kappa shape index (κ3) is 5.40. The first-order valence-corrected chi connectivity index (χ1v) is 12.0. The van der Waals surface area contributed by atoms with Crippen LogP contribution in [0.2, 0.25) is 0 Å². The zero-order valence-electron chi connectivity index (χ0n) is 16.4. The Morgan fingerprint density at radius 1 is 1.10 bits per heavy atom. The lowest BCUT2D eigenvalue weighted by molar-refractivity contribution is -0.186. The Bertz CT molecular complexity index is 1100. The summed E-state index contributed by atoms with van der Waals surface area (Å²) in [4.78, 5) is 23.9. The average Bonchev–Trinajstić information content (AvgIpc) is 2.72. The maximum atomic E-state index is 12.7. The number of nitrogens with one attached hydrogen (secondary N) is 1. The van der Waals surface area contributed by atoms with E-state index >= 15 is 0 Å². The average molecular weight is 473 g/mol. The Balaban J connectivity index is 1.78. The summed E-state index contributed by atoms with van der Waals surface area (Å²) in [5, 5.41) is 0. The molecule has 0 radical (unpaired) electrons. The summed E-state index contributed by atoms with van der Waals surface area (Å²) in [5.74, 6) is -1.70. The van der Waals surface area contributed by atoms with E-state index < -0.39 is 22.1 Å². The topological polar surface area (TPSA) is 83.6 Å². The third-order valence-corrected chi connectivity index (χ3v) is 6.69. The lowest BCUT2D eigenvalue weighted by Crippen LogP contribution is -2.43. The quantitative estimate of drug-likeness (QED) is 0.651. The molecular weight excluding hydrogens is 453 g/mol. The SMILES string of the molecule is CSCC(=O)c1ccc(NS(=O)(=O)c2ccc3c(c2)CN(C(=O)C(F)(F)F)CC3)cc1. The number of sulfonamides is 1. The minimum atomic E-state index is -4.98. The standard InChI is InChI=1S/C20H19F3N2O4S2/c1-30-12-18(26)14-2-5-16(6-3-14)24-31(28,29)17-7-4-13-8-9-25(11-15(13)10-17)19(27)20(21,22)23/h2-7,10,24H,8-9,11-12H2,1H3. The number of fused-ring (bicyclic) bond motifs is 1. The molecule has 0 unspecified atom stereocenters. The van der Waals surface area contributed by atoms with Crippen LogP contribution in [0.3, 0.4) is 0 Å². The van der Waals surface area contributed by atoms with Gasteiger partial charge in [0.1, 0.15) is 0 Å². The highest BCUT2D eigenvalue weighted by molar-refractivity contribution is 7.99. The van der Waals surface area contributed by atoms with Gasteiger partial charge in [0.2, 0.25) is 0 Å². The van der Waals surface area contributed by atoms with Crippen LogP contribution < -0.4 is 4.72 Å². The van der Waals surface area contributed by atoms with E-state index in [2.05, 4.69) is 4.72 Å². The summed E-state index contributed by atoms with van der Waals surface area (Å²) in [7, 11) is -4.02. The van der Waals surface area contributed by atoms with E-state index in [4.69, 9.17) is 0 Å². The first-order chi connectivity index (χ1) is 14.5. The van der Waals surface area contributed by atoms with Crippen LogP contribution in [0.5, 0.6) is 0 Å². The molecule has 2 aromatic rings. The number of benzene rings is 2. The van der Waals surface area contributed by atoms with Gasteiger partial charge in [-0.25, -0.2) is 8.42 Å². The molecule has 31 heavy (non-hydrogen) atoms. The number of amides is 1. The lowest BCUT2D eigenvalue weighted by Gasteiger charge is -2.29. The molecule has 0 spiro atoms. The predicted octanol–water partition coefficient (Wildman–Crippen LogP) is 3.48. The zero-order chi connectivity index (χ0) is 22.8. The van der Waals surface area contributed by atoms with Crippen LogP contribution in [-0.4, -0.2) is 49.7 Å². The van der Waals surface area contributed by atoms with Gasteiger partial charge in [-0.3, -0.25) is 14.3 Å². The minimum Gasteiger partial charge on any atom is -0.330 e. The summed E-state index contributed by atoms with van der Waals surface area (Å²) in [5.41, 5.74) is 1.75. The Morgan fingerprint density at radius 2 is 1.77 bits per heavy atom. The van der Waals surface area contributed by atoms with Crippen molar-refractivity contribution in [1.82, 2.24) is 4.90 Å². The molecule has 6 nitrogen and oxygen atoms in total. The number of ketones is 1. The van der Waals surface area contributed by atoms with Gasteiger partial charge in [-0.15, -0.1) is 0 Å². The summed E-state index contributed by atoms with van der Waals surface area (Å²) < 4.78 is 66.0. The van der Waals surface area contributed by atoms with Gasteiger partial charge < -0.3 is 4.90 Å². The molecule has 1 heterocycles. The Kier molecular flexibility index (Phi) is 6.65. The molecule has 11 heteroatoms. The van der Waals surface area contributed by atoms with E-state index in [-0.39, 0.29) is 35.9 Å². The normalized spacial score (nSPS) is 14.1. The number of anilines is 1. The highest BCUT2D eigenvalue weighted by Gasteiger charge is 2.43. The van der Waals surface area contributed by atoms with Crippen molar-refractivity contribution in [3.05, 3.63) is 59.2 Å². The van der Waals surface area contributed by atoms with Crippen LogP contribution in [0.15, 0.2) is 47.4 Å². The monoisotopic (exact) mass is 472 g/mol. The molecule has 0 saturated heterocycles. The van der Waals surface area contributed by atoms with Gasteiger partial charge in [0.15, 0.2) is 5.78 Å². The largest absolute Gasteiger partial charge is 0.471 e. The first-order valence-electron chi connectivity index (χ1n) is 9.14. The molecule has 1 aliphatic rings. The van der Waals surface area contributed by atoms with Crippen molar-refractivity contribution in [2.75, 3.05) is 23.3 Å². The van der Waals surface area contributed by atoms with Crippen LogP contribution in [0.4, 0.5) is 18.9 Å². The van der Waals surface area contributed by atoms with E-state index in [0.717, 1.165) is 0 Å². The van der Waals surface area contributed by atoms with Gasteiger partial charge in [-0.1, -0.05) is 6.07 Å². The molecule has 2 aromatic carbocycles. The number of nitrogens with zero attached hydrogens (tertiary/aromatic N) is 1. The zero-order valence-corrected chi connectivity index (χ0v) is 18.0.